The molecule has 4 rings (SSSR count). The summed E-state index contributed by atoms with van der Waals surface area (Å²) in [5, 5.41) is 4.31. The van der Waals surface area contributed by atoms with Gasteiger partial charge in [0.15, 0.2) is 17.1 Å². The molecule has 0 N–H and O–H groups in total. The van der Waals surface area contributed by atoms with Gasteiger partial charge in [0.05, 0.1) is 6.54 Å². The first-order chi connectivity index (χ1) is 10.3. The number of rotatable bonds is 2. The van der Waals surface area contributed by atoms with E-state index in [4.69, 9.17) is 9.47 Å². The Bertz CT molecular complexity index is 866. The Hall–Kier alpha value is -2.76. The Morgan fingerprint density at radius 1 is 1.10 bits per heavy atom. The van der Waals surface area contributed by atoms with Crippen molar-refractivity contribution in [2.24, 2.45) is 0 Å². The molecular formula is C15H13N3O3. The summed E-state index contributed by atoms with van der Waals surface area (Å²) in [4.78, 5) is 12.2. The van der Waals surface area contributed by atoms with E-state index in [2.05, 4.69) is 5.10 Å². The Balaban J connectivity index is 1.71. The minimum atomic E-state index is -0.152. The third kappa shape index (κ3) is 2.05. The fourth-order valence-electron chi connectivity index (χ4n) is 2.43. The monoisotopic (exact) mass is 283 g/mol. The predicted molar refractivity (Wildman–Crippen MR) is 76.0 cm³/mol. The second-order valence-electron chi connectivity index (χ2n) is 4.85. The lowest BCUT2D eigenvalue weighted by Gasteiger charge is -2.18. The molecule has 3 heterocycles. The molecule has 0 amide bonds. The van der Waals surface area contributed by atoms with Gasteiger partial charge in [-0.05, 0) is 29.8 Å². The smallest absolute Gasteiger partial charge is 0.350 e. The third-order valence-electron chi connectivity index (χ3n) is 3.43. The molecule has 0 atom stereocenters. The van der Waals surface area contributed by atoms with Crippen LogP contribution in [0, 0.1) is 0 Å². The molecule has 0 saturated carbocycles. The number of hydrogen-bond acceptors (Lipinski definition) is 4. The fourth-order valence-corrected chi connectivity index (χ4v) is 2.43. The predicted octanol–water partition coefficient (Wildman–Crippen LogP) is 1.32. The number of hydrogen-bond donors (Lipinski definition) is 0. The van der Waals surface area contributed by atoms with Crippen LogP contribution in [0.5, 0.6) is 11.5 Å². The topological polar surface area (TPSA) is 57.8 Å². The van der Waals surface area contributed by atoms with Crippen LogP contribution < -0.4 is 15.2 Å². The van der Waals surface area contributed by atoms with E-state index in [1.54, 1.807) is 6.20 Å². The van der Waals surface area contributed by atoms with Crippen molar-refractivity contribution in [3.8, 4) is 11.5 Å². The summed E-state index contributed by atoms with van der Waals surface area (Å²) in [6.07, 6.45) is 1.71. The number of aromatic nitrogens is 3. The molecule has 6 nitrogen and oxygen atoms in total. The van der Waals surface area contributed by atoms with Crippen molar-refractivity contribution in [2.75, 3.05) is 13.2 Å². The summed E-state index contributed by atoms with van der Waals surface area (Å²) in [7, 11) is 0. The van der Waals surface area contributed by atoms with E-state index in [0.29, 0.717) is 25.4 Å². The van der Waals surface area contributed by atoms with E-state index < -0.39 is 0 Å². The summed E-state index contributed by atoms with van der Waals surface area (Å²) < 4.78 is 14.0. The van der Waals surface area contributed by atoms with Crippen molar-refractivity contribution in [3.05, 3.63) is 58.6 Å². The third-order valence-corrected chi connectivity index (χ3v) is 3.43. The lowest BCUT2D eigenvalue weighted by atomic mass is 10.2. The first kappa shape index (κ1) is 12.0. The van der Waals surface area contributed by atoms with E-state index in [0.717, 1.165) is 17.1 Å². The van der Waals surface area contributed by atoms with Crippen LogP contribution in [0.3, 0.4) is 0 Å². The van der Waals surface area contributed by atoms with Crippen LogP contribution >= 0.6 is 0 Å². The molecule has 0 bridgehead atoms. The first-order valence-corrected chi connectivity index (χ1v) is 6.74. The molecule has 0 saturated heterocycles. The summed E-state index contributed by atoms with van der Waals surface area (Å²) in [6.45, 7) is 1.51. The molecule has 0 aliphatic carbocycles. The van der Waals surface area contributed by atoms with Gasteiger partial charge in [-0.3, -0.25) is 4.40 Å². The summed E-state index contributed by atoms with van der Waals surface area (Å²) in [5.74, 6) is 1.46. The Kier molecular flexibility index (Phi) is 2.67. The van der Waals surface area contributed by atoms with Crippen molar-refractivity contribution < 1.29 is 9.47 Å². The number of benzene rings is 1. The Morgan fingerprint density at radius 3 is 2.81 bits per heavy atom. The molecule has 2 aromatic heterocycles. The fraction of sp³-hybridized carbons (Fsp3) is 0.200. The van der Waals surface area contributed by atoms with Gasteiger partial charge in [-0.25, -0.2) is 9.48 Å². The molecule has 0 unspecified atom stereocenters. The highest BCUT2D eigenvalue weighted by molar-refractivity contribution is 5.44. The average Bonchev–Trinajstić information content (AvgIpc) is 2.84. The van der Waals surface area contributed by atoms with Crippen molar-refractivity contribution in [1.82, 2.24) is 14.2 Å². The molecule has 1 aromatic carbocycles. The Labute approximate surface area is 120 Å². The highest BCUT2D eigenvalue weighted by atomic mass is 16.6. The minimum absolute atomic E-state index is 0.152. The second kappa shape index (κ2) is 4.66. The molecule has 0 fully saturated rings. The number of fused-ring (bicyclic) bond motifs is 2. The van der Waals surface area contributed by atoms with Crippen LogP contribution in [-0.2, 0) is 6.54 Å². The van der Waals surface area contributed by atoms with Crippen LogP contribution in [0.1, 0.15) is 5.56 Å². The van der Waals surface area contributed by atoms with Gasteiger partial charge in [-0.15, -0.1) is 5.10 Å². The van der Waals surface area contributed by atoms with E-state index in [-0.39, 0.29) is 5.69 Å². The molecule has 21 heavy (non-hydrogen) atoms. The first-order valence-electron chi connectivity index (χ1n) is 6.74. The van der Waals surface area contributed by atoms with Crippen LogP contribution in [-0.4, -0.2) is 27.4 Å². The van der Waals surface area contributed by atoms with Crippen LogP contribution in [0.15, 0.2) is 47.4 Å². The van der Waals surface area contributed by atoms with E-state index in [1.807, 2.05) is 36.4 Å². The Morgan fingerprint density at radius 2 is 1.95 bits per heavy atom. The maximum Gasteiger partial charge on any atom is 0.350 e. The van der Waals surface area contributed by atoms with Gasteiger partial charge in [-0.2, -0.15) is 0 Å². The van der Waals surface area contributed by atoms with Crippen LogP contribution in [0.2, 0.25) is 0 Å². The molecule has 3 aromatic rings. The van der Waals surface area contributed by atoms with Gasteiger partial charge < -0.3 is 9.47 Å². The maximum absolute atomic E-state index is 12.2. The molecular weight excluding hydrogens is 270 g/mol. The lowest BCUT2D eigenvalue weighted by molar-refractivity contribution is 0.171. The standard InChI is InChI=1S/C15H13N3O3/c19-15-17-6-2-1-3-14(17)16-18(15)10-11-4-5-12-13(9-11)21-8-7-20-12/h1-6,9H,7-8,10H2. The number of pyridine rings is 1. The van der Waals surface area contributed by atoms with E-state index >= 15 is 0 Å². The molecule has 106 valence electrons. The zero-order valence-corrected chi connectivity index (χ0v) is 11.2. The van der Waals surface area contributed by atoms with Crippen molar-refractivity contribution in [1.29, 1.82) is 0 Å². The van der Waals surface area contributed by atoms with Crippen LogP contribution in [0.4, 0.5) is 0 Å². The molecule has 1 aliphatic rings. The number of nitrogens with zero attached hydrogens (tertiary/aromatic N) is 3. The van der Waals surface area contributed by atoms with Gasteiger partial charge >= 0.3 is 5.69 Å². The van der Waals surface area contributed by atoms with Gasteiger partial charge in [0.1, 0.15) is 13.2 Å². The lowest BCUT2D eigenvalue weighted by Crippen LogP contribution is -2.22. The highest BCUT2D eigenvalue weighted by Gasteiger charge is 2.13. The zero-order chi connectivity index (χ0) is 14.2. The summed E-state index contributed by atoms with van der Waals surface area (Å²) >= 11 is 0. The summed E-state index contributed by atoms with van der Waals surface area (Å²) in [5.41, 5.74) is 1.44. The van der Waals surface area contributed by atoms with Gasteiger partial charge in [-0.1, -0.05) is 12.1 Å². The van der Waals surface area contributed by atoms with Crippen molar-refractivity contribution >= 4 is 5.65 Å². The zero-order valence-electron chi connectivity index (χ0n) is 11.2. The maximum atomic E-state index is 12.2. The molecule has 0 spiro atoms. The quantitative estimate of drug-likeness (QED) is 0.711. The minimum Gasteiger partial charge on any atom is -0.486 e. The van der Waals surface area contributed by atoms with Gasteiger partial charge in [0, 0.05) is 6.20 Å². The van der Waals surface area contributed by atoms with Gasteiger partial charge in [0.25, 0.3) is 0 Å². The second-order valence-corrected chi connectivity index (χ2v) is 4.85. The number of ether oxygens (including phenoxy) is 2. The average molecular weight is 283 g/mol. The molecule has 6 heteroatoms. The van der Waals surface area contributed by atoms with E-state index in [1.165, 1.54) is 9.08 Å². The highest BCUT2D eigenvalue weighted by Crippen LogP contribution is 2.30. The normalized spacial score (nSPS) is 13.5. The van der Waals surface area contributed by atoms with Crippen molar-refractivity contribution in [3.63, 3.8) is 0 Å². The molecule has 1 aliphatic heterocycles. The van der Waals surface area contributed by atoms with Crippen LogP contribution in [0.25, 0.3) is 5.65 Å². The SMILES string of the molecule is O=c1n(Cc2ccc3c(c2)OCCO3)nc2ccccn12. The van der Waals surface area contributed by atoms with E-state index in [9.17, 15) is 4.79 Å². The largest absolute Gasteiger partial charge is 0.486 e. The van der Waals surface area contributed by atoms with Gasteiger partial charge in [0.2, 0.25) is 0 Å². The summed E-state index contributed by atoms with van der Waals surface area (Å²) in [6, 6.07) is 11.2. The van der Waals surface area contributed by atoms with Crippen molar-refractivity contribution in [2.45, 2.75) is 6.54 Å². The molecule has 0 radical (unpaired) electrons.